The van der Waals surface area contributed by atoms with Gasteiger partial charge in [-0.3, -0.25) is 9.52 Å². The molecule has 0 saturated heterocycles. The first kappa shape index (κ1) is 26.4. The molecule has 2 N–H and O–H groups in total. The Morgan fingerprint density at radius 2 is 1.82 bits per heavy atom. The third kappa shape index (κ3) is 7.40. The molecule has 1 aliphatic carbocycles. The summed E-state index contributed by atoms with van der Waals surface area (Å²) >= 11 is 0. The Bertz CT molecular complexity index is 1100. The monoisotopic (exact) mass is 492 g/mol. The zero-order valence-corrected chi connectivity index (χ0v) is 21.4. The maximum Gasteiger partial charge on any atom is 0.234 e. The minimum Gasteiger partial charge on any atom is -0.490 e. The third-order valence-electron chi connectivity index (χ3n) is 6.64. The second kappa shape index (κ2) is 11.0. The lowest BCUT2D eigenvalue weighted by Gasteiger charge is -2.37. The van der Waals surface area contributed by atoms with Gasteiger partial charge in [0, 0.05) is 25.1 Å². The first-order chi connectivity index (χ1) is 16.0. The van der Waals surface area contributed by atoms with Crippen molar-refractivity contribution in [2.75, 3.05) is 12.8 Å². The molecule has 0 aromatic heterocycles. The summed E-state index contributed by atoms with van der Waals surface area (Å²) in [5.74, 6) is 0.795. The van der Waals surface area contributed by atoms with E-state index in [9.17, 15) is 17.6 Å². The fraction of sp³-hybridized carbons (Fsp3) is 0.577. The van der Waals surface area contributed by atoms with Crippen molar-refractivity contribution < 1.29 is 22.3 Å². The Morgan fingerprint density at radius 3 is 2.44 bits per heavy atom. The number of carbonyl (C=O) groups is 1. The molecule has 3 rings (SSSR count). The van der Waals surface area contributed by atoms with Crippen molar-refractivity contribution in [2.24, 2.45) is 11.3 Å². The van der Waals surface area contributed by atoms with E-state index < -0.39 is 22.6 Å². The molecule has 2 aromatic carbocycles. The molecule has 1 aliphatic rings. The van der Waals surface area contributed by atoms with Gasteiger partial charge in [0.1, 0.15) is 12.4 Å². The topological polar surface area (TPSA) is 84.5 Å². The summed E-state index contributed by atoms with van der Waals surface area (Å²) < 4.78 is 44.4. The van der Waals surface area contributed by atoms with Crippen LogP contribution in [0.2, 0.25) is 0 Å². The Balaban J connectivity index is 1.60. The summed E-state index contributed by atoms with van der Waals surface area (Å²) in [6.07, 6.45) is 5.41. The molecule has 2 aromatic rings. The highest BCUT2D eigenvalue weighted by Gasteiger charge is 2.30. The van der Waals surface area contributed by atoms with E-state index in [-0.39, 0.29) is 12.5 Å². The molecule has 0 spiro atoms. The van der Waals surface area contributed by atoms with Crippen LogP contribution in [0.1, 0.15) is 64.0 Å². The van der Waals surface area contributed by atoms with Gasteiger partial charge in [0.2, 0.25) is 15.9 Å². The lowest BCUT2D eigenvalue weighted by molar-refractivity contribution is -0.119. The minimum absolute atomic E-state index is 0.0605. The Hall–Kier alpha value is -2.19. The number of hydrogen-bond acceptors (Lipinski definition) is 5. The van der Waals surface area contributed by atoms with E-state index in [1.54, 1.807) is 0 Å². The molecule has 0 radical (unpaired) electrons. The summed E-state index contributed by atoms with van der Waals surface area (Å²) in [6.45, 7) is 7.16. The van der Waals surface area contributed by atoms with Gasteiger partial charge in [0.05, 0.1) is 12.4 Å². The van der Waals surface area contributed by atoms with Crippen molar-refractivity contribution in [1.82, 2.24) is 10.0 Å². The predicted molar refractivity (Wildman–Crippen MR) is 134 cm³/mol. The van der Waals surface area contributed by atoms with Crippen LogP contribution in [0.5, 0.6) is 5.75 Å². The van der Waals surface area contributed by atoms with Crippen LogP contribution in [0.15, 0.2) is 30.3 Å². The molecule has 0 aliphatic heterocycles. The number of nitrogens with one attached hydrogen (secondary N) is 2. The lowest BCUT2D eigenvalue weighted by atomic mass is 9.72. The third-order valence-corrected chi connectivity index (χ3v) is 7.23. The number of ether oxygens (including phenoxy) is 1. The largest absolute Gasteiger partial charge is 0.490 e. The van der Waals surface area contributed by atoms with E-state index in [1.807, 2.05) is 35.1 Å². The lowest BCUT2D eigenvalue weighted by Crippen LogP contribution is -2.31. The van der Waals surface area contributed by atoms with Crippen LogP contribution in [0.4, 0.5) is 4.39 Å². The van der Waals surface area contributed by atoms with E-state index in [0.29, 0.717) is 35.7 Å². The summed E-state index contributed by atoms with van der Waals surface area (Å²) in [7, 11) is -3.53. The van der Waals surface area contributed by atoms with Gasteiger partial charge in [-0.2, -0.15) is 0 Å². The molecule has 188 valence electrons. The van der Waals surface area contributed by atoms with Crippen molar-refractivity contribution in [3.05, 3.63) is 41.5 Å². The van der Waals surface area contributed by atoms with Crippen LogP contribution in [-0.4, -0.2) is 33.2 Å². The van der Waals surface area contributed by atoms with Gasteiger partial charge in [-0.15, -0.1) is 0 Å². The average Bonchev–Trinajstić information content (AvgIpc) is 2.75. The maximum atomic E-state index is 14.1. The van der Waals surface area contributed by atoms with Crippen molar-refractivity contribution >= 4 is 26.7 Å². The first-order valence-electron chi connectivity index (χ1n) is 11.9. The first-order valence-corrected chi connectivity index (χ1v) is 13.8. The fourth-order valence-corrected chi connectivity index (χ4v) is 5.22. The molecule has 0 atom stereocenters. The maximum absolute atomic E-state index is 14.1. The number of amides is 1. The molecular weight excluding hydrogens is 455 g/mol. The highest BCUT2D eigenvalue weighted by molar-refractivity contribution is 7.89. The van der Waals surface area contributed by atoms with Gasteiger partial charge < -0.3 is 10.1 Å². The number of benzene rings is 2. The molecule has 6 nitrogen and oxygen atoms in total. The number of alkyl halides is 1. The molecule has 8 heteroatoms. The van der Waals surface area contributed by atoms with E-state index in [4.69, 9.17) is 4.74 Å². The normalized spacial score (nSPS) is 19.2. The SMILES string of the molecule is CC(C)(C)C1CCC(Oc2ccc3cc(CNCCC(=O)NS(C)(=O)=O)ccc3c2CF)CC1. The summed E-state index contributed by atoms with van der Waals surface area (Å²) in [5, 5.41) is 4.92. The van der Waals surface area contributed by atoms with Crippen LogP contribution >= 0.6 is 0 Å². The molecule has 1 saturated carbocycles. The second-order valence-electron chi connectivity index (χ2n) is 10.4. The van der Waals surface area contributed by atoms with Gasteiger partial charge in [-0.05, 0) is 65.5 Å². The number of carbonyl (C=O) groups excluding carboxylic acids is 1. The number of halogens is 1. The van der Waals surface area contributed by atoms with E-state index >= 15 is 0 Å². The second-order valence-corrected chi connectivity index (χ2v) is 12.2. The van der Waals surface area contributed by atoms with Crippen molar-refractivity contribution in [3.63, 3.8) is 0 Å². The van der Waals surface area contributed by atoms with E-state index in [2.05, 4.69) is 26.1 Å². The highest BCUT2D eigenvalue weighted by Crippen LogP contribution is 2.39. The number of fused-ring (bicyclic) bond motifs is 1. The van der Waals surface area contributed by atoms with Crippen LogP contribution in [0, 0.1) is 11.3 Å². The molecular formula is C26H37FN2O4S. The molecule has 0 bridgehead atoms. The molecule has 0 heterocycles. The van der Waals surface area contributed by atoms with Crippen LogP contribution in [-0.2, 0) is 28.0 Å². The number of sulfonamides is 1. The Labute approximate surface area is 202 Å². The van der Waals surface area contributed by atoms with Crippen molar-refractivity contribution in [3.8, 4) is 5.75 Å². The van der Waals surface area contributed by atoms with Crippen LogP contribution in [0.25, 0.3) is 10.8 Å². The standard InChI is InChI=1S/C26H37FN2O4S/c1-26(2,3)20-7-9-21(10-8-20)33-24-12-6-19-15-18(5-11-22(19)23(24)16-27)17-28-14-13-25(30)29-34(4,31)32/h5-6,11-12,15,20-21,28H,7-10,13-14,16-17H2,1-4H3,(H,29,30). The highest BCUT2D eigenvalue weighted by atomic mass is 32.2. The Morgan fingerprint density at radius 1 is 1.12 bits per heavy atom. The van der Waals surface area contributed by atoms with Crippen LogP contribution < -0.4 is 14.8 Å². The quantitative estimate of drug-likeness (QED) is 0.489. The predicted octanol–water partition coefficient (Wildman–Crippen LogP) is 4.85. The minimum atomic E-state index is -3.53. The summed E-state index contributed by atoms with van der Waals surface area (Å²) in [5.41, 5.74) is 1.90. The average molecular weight is 493 g/mol. The van der Waals surface area contributed by atoms with Gasteiger partial charge in [-0.25, -0.2) is 12.8 Å². The molecule has 0 unspecified atom stereocenters. The van der Waals surface area contributed by atoms with Gasteiger partial charge in [-0.1, -0.05) is 39.0 Å². The molecule has 1 fully saturated rings. The van der Waals surface area contributed by atoms with E-state index in [1.165, 1.54) is 0 Å². The zero-order chi connectivity index (χ0) is 24.9. The van der Waals surface area contributed by atoms with Crippen molar-refractivity contribution in [1.29, 1.82) is 0 Å². The molecule has 1 amide bonds. The Kier molecular flexibility index (Phi) is 8.57. The van der Waals surface area contributed by atoms with Gasteiger partial charge in [0.25, 0.3) is 0 Å². The number of hydrogen-bond donors (Lipinski definition) is 2. The van der Waals surface area contributed by atoms with Gasteiger partial charge >= 0.3 is 0 Å². The molecule has 34 heavy (non-hydrogen) atoms. The summed E-state index contributed by atoms with van der Waals surface area (Å²) in [4.78, 5) is 11.6. The van der Waals surface area contributed by atoms with Crippen LogP contribution in [0.3, 0.4) is 0 Å². The zero-order valence-electron chi connectivity index (χ0n) is 20.6. The number of rotatable bonds is 9. The van der Waals surface area contributed by atoms with Gasteiger partial charge in [0.15, 0.2) is 0 Å². The smallest absolute Gasteiger partial charge is 0.234 e. The van der Waals surface area contributed by atoms with Crippen molar-refractivity contribution in [2.45, 2.75) is 72.2 Å². The summed E-state index contributed by atoms with van der Waals surface area (Å²) in [6, 6.07) is 9.69. The fourth-order valence-electron chi connectivity index (χ4n) is 4.70. The van der Waals surface area contributed by atoms with E-state index in [0.717, 1.165) is 48.3 Å².